The molecule has 3 aromatic heterocycles. The number of piperidine rings is 1. The molecule has 8 rings (SSSR count). The Morgan fingerprint density at radius 1 is 1.06 bits per heavy atom. The van der Waals surface area contributed by atoms with Crippen molar-refractivity contribution in [3.8, 4) is 11.5 Å². The number of anilines is 2. The molecule has 0 unspecified atom stereocenters. The number of likely N-dealkylation sites (tertiary alicyclic amines) is 1. The zero-order valence-electron chi connectivity index (χ0n) is 30.2. The Morgan fingerprint density at radius 2 is 1.83 bits per heavy atom. The molecule has 1 spiro atoms. The van der Waals surface area contributed by atoms with Gasteiger partial charge in [-0.3, -0.25) is 19.6 Å². The first-order chi connectivity index (χ1) is 25.6. The molecule has 2 saturated heterocycles. The van der Waals surface area contributed by atoms with Crippen LogP contribution in [0.1, 0.15) is 81.6 Å². The molecule has 53 heavy (non-hydrogen) atoms. The van der Waals surface area contributed by atoms with E-state index in [1.165, 1.54) is 44.8 Å². The number of fused-ring (bicyclic) bond motifs is 1. The maximum atomic E-state index is 13.7. The van der Waals surface area contributed by atoms with Gasteiger partial charge in [-0.15, -0.1) is 0 Å². The van der Waals surface area contributed by atoms with Crippen molar-refractivity contribution in [2.45, 2.75) is 87.7 Å². The van der Waals surface area contributed by atoms with Gasteiger partial charge in [0, 0.05) is 54.3 Å². The summed E-state index contributed by atoms with van der Waals surface area (Å²) in [5.74, 6) is 0.645. The summed E-state index contributed by atoms with van der Waals surface area (Å²) in [4.78, 5) is 43.0. The average Bonchev–Trinajstić information content (AvgIpc) is 3.85. The van der Waals surface area contributed by atoms with E-state index in [0.29, 0.717) is 40.0 Å². The van der Waals surface area contributed by atoms with E-state index in [1.807, 2.05) is 31.3 Å². The normalized spacial score (nSPS) is 23.2. The van der Waals surface area contributed by atoms with Crippen LogP contribution in [0.15, 0.2) is 59.9 Å². The minimum atomic E-state index is -0.631. The highest BCUT2D eigenvalue weighted by Gasteiger charge is 2.48. The fraction of sp³-hybridized carbons (Fsp3) is 0.513. The number of carbonyl (C=O) groups is 1. The zero-order valence-corrected chi connectivity index (χ0v) is 31.0. The standard InChI is InChI=1S/C39H48N8O5S/c1-38(49)9-6-26(7-10-38)23-41-32-5-4-31(20-33(32)47(50)51)53-44-37(48)35-34(52-30-18-27-8-13-40-36(27)43-25-30)19-28(24-42-35)46-16-11-39(12-17-46)21-29(22-39)45-14-2-3-15-45/h4-5,8,13,18-20,24-26,29,41,49H,2-3,6-7,9-12,14-17,21-23H2,1H3,(H,40,43)(H,44,48)/t26-,38-. The van der Waals surface area contributed by atoms with Crippen molar-refractivity contribution in [3.63, 3.8) is 0 Å². The first-order valence-electron chi connectivity index (χ1n) is 18.9. The van der Waals surface area contributed by atoms with Gasteiger partial charge in [0.05, 0.1) is 28.6 Å². The van der Waals surface area contributed by atoms with Gasteiger partial charge in [0.25, 0.3) is 11.6 Å². The summed E-state index contributed by atoms with van der Waals surface area (Å²) >= 11 is 0.992. The smallest absolute Gasteiger partial charge is 0.293 e. The number of ether oxygens (including phenoxy) is 1. The van der Waals surface area contributed by atoms with E-state index in [2.05, 4.69) is 34.8 Å². The molecule has 5 heterocycles. The molecule has 4 N–H and O–H groups in total. The van der Waals surface area contributed by atoms with Crippen LogP contribution in [0.2, 0.25) is 0 Å². The highest BCUT2D eigenvalue weighted by atomic mass is 32.2. The quantitative estimate of drug-likeness (QED) is 0.0694. The number of H-pyrrole nitrogens is 1. The number of benzene rings is 1. The molecule has 0 radical (unpaired) electrons. The van der Waals surface area contributed by atoms with E-state index in [-0.39, 0.29) is 11.4 Å². The van der Waals surface area contributed by atoms with E-state index < -0.39 is 16.4 Å². The molecule has 2 aliphatic heterocycles. The van der Waals surface area contributed by atoms with Gasteiger partial charge in [0.2, 0.25) is 0 Å². The number of aliphatic hydroxyl groups is 1. The van der Waals surface area contributed by atoms with E-state index >= 15 is 0 Å². The first kappa shape index (κ1) is 35.6. The lowest BCUT2D eigenvalue weighted by Gasteiger charge is -2.55. The van der Waals surface area contributed by atoms with Gasteiger partial charge in [-0.2, -0.15) is 0 Å². The number of nitro groups is 1. The second-order valence-electron chi connectivity index (χ2n) is 15.8. The van der Waals surface area contributed by atoms with Crippen LogP contribution in [0.25, 0.3) is 11.0 Å². The van der Waals surface area contributed by atoms with Crippen molar-refractivity contribution >= 4 is 46.0 Å². The fourth-order valence-electron chi connectivity index (χ4n) is 8.70. The Balaban J connectivity index is 0.948. The molecule has 0 bridgehead atoms. The number of nitrogens with zero attached hydrogens (tertiary/aromatic N) is 5. The van der Waals surface area contributed by atoms with Gasteiger partial charge in [-0.1, -0.05) is 0 Å². The highest BCUT2D eigenvalue weighted by molar-refractivity contribution is 7.98. The highest BCUT2D eigenvalue weighted by Crippen LogP contribution is 2.52. The first-order valence-corrected chi connectivity index (χ1v) is 19.8. The second-order valence-corrected chi connectivity index (χ2v) is 16.7. The van der Waals surface area contributed by atoms with Crippen molar-refractivity contribution in [1.29, 1.82) is 0 Å². The van der Waals surface area contributed by atoms with E-state index in [1.54, 1.807) is 24.5 Å². The maximum Gasteiger partial charge on any atom is 0.293 e. The average molecular weight is 741 g/mol. The zero-order chi connectivity index (χ0) is 36.6. The van der Waals surface area contributed by atoms with Crippen LogP contribution in [0.5, 0.6) is 11.5 Å². The molecular formula is C39H48N8O5S. The molecule has 0 atom stereocenters. The number of pyridine rings is 2. The summed E-state index contributed by atoms with van der Waals surface area (Å²) in [5, 5.41) is 26.4. The van der Waals surface area contributed by atoms with Crippen LogP contribution < -0.4 is 19.7 Å². The fourth-order valence-corrected chi connectivity index (χ4v) is 9.31. The number of carbonyl (C=O) groups excluding carboxylic acids is 1. The van der Waals surface area contributed by atoms with Crippen LogP contribution in [-0.4, -0.2) is 80.2 Å². The maximum absolute atomic E-state index is 13.7. The Bertz CT molecular complexity index is 1950. The minimum absolute atomic E-state index is 0.0667. The lowest BCUT2D eigenvalue weighted by Crippen LogP contribution is -2.54. The predicted molar refractivity (Wildman–Crippen MR) is 206 cm³/mol. The summed E-state index contributed by atoms with van der Waals surface area (Å²) in [6.45, 7) is 6.82. The van der Waals surface area contributed by atoms with Crippen molar-refractivity contribution < 1.29 is 19.6 Å². The number of aromatic amines is 1. The predicted octanol–water partition coefficient (Wildman–Crippen LogP) is 7.29. The SMILES string of the molecule is C[C@]1(O)CC[C@H](CNc2ccc(SNC(=O)c3ncc(N4CCC5(CC4)CC(N4CCCC4)C5)cc3Oc3cnc4[nH]ccc4c3)cc2[N+](=O)[O-])CC1. The molecule has 2 aliphatic carbocycles. The lowest BCUT2D eigenvalue weighted by atomic mass is 9.60. The van der Waals surface area contributed by atoms with Gasteiger partial charge in [0.1, 0.15) is 17.1 Å². The summed E-state index contributed by atoms with van der Waals surface area (Å²) in [7, 11) is 0. The summed E-state index contributed by atoms with van der Waals surface area (Å²) in [5.41, 5.74) is 1.92. The van der Waals surface area contributed by atoms with Gasteiger partial charge < -0.3 is 29.9 Å². The van der Waals surface area contributed by atoms with Gasteiger partial charge in [-0.25, -0.2) is 9.97 Å². The number of rotatable bonds is 11. The Hall–Kier alpha value is -4.40. The number of nitrogens with one attached hydrogen (secondary N) is 3. The van der Waals surface area contributed by atoms with Crippen LogP contribution in [0, 0.1) is 21.4 Å². The van der Waals surface area contributed by atoms with Crippen LogP contribution in [-0.2, 0) is 0 Å². The summed E-state index contributed by atoms with van der Waals surface area (Å²) in [6.07, 6.45) is 15.9. The molecule has 4 aromatic rings. The Kier molecular flexibility index (Phi) is 9.94. The third kappa shape index (κ3) is 7.95. The molecule has 1 aromatic carbocycles. The molecule has 4 aliphatic rings. The Labute approximate surface area is 313 Å². The van der Waals surface area contributed by atoms with E-state index in [4.69, 9.17) is 4.74 Å². The van der Waals surface area contributed by atoms with E-state index in [0.717, 1.165) is 86.3 Å². The van der Waals surface area contributed by atoms with Gasteiger partial charge in [0.15, 0.2) is 11.4 Å². The number of hydrogen-bond donors (Lipinski definition) is 4. The van der Waals surface area contributed by atoms with Crippen molar-refractivity contribution in [2.75, 3.05) is 42.9 Å². The topological polar surface area (TPSA) is 162 Å². The molecule has 280 valence electrons. The molecule has 14 heteroatoms. The molecular weight excluding hydrogens is 693 g/mol. The minimum Gasteiger partial charge on any atom is -0.453 e. The van der Waals surface area contributed by atoms with Gasteiger partial charge in [-0.05, 0) is 132 Å². The van der Waals surface area contributed by atoms with Crippen molar-refractivity contribution in [3.05, 3.63) is 70.8 Å². The van der Waals surface area contributed by atoms with E-state index in [9.17, 15) is 20.0 Å². The third-order valence-electron chi connectivity index (χ3n) is 12.0. The second kappa shape index (κ2) is 14.8. The summed E-state index contributed by atoms with van der Waals surface area (Å²) in [6, 6.07) is 11.3. The summed E-state index contributed by atoms with van der Waals surface area (Å²) < 4.78 is 9.16. The number of aromatic nitrogens is 3. The monoisotopic (exact) mass is 740 g/mol. The molecule has 2 saturated carbocycles. The molecule has 1 amide bonds. The van der Waals surface area contributed by atoms with Crippen LogP contribution in [0.3, 0.4) is 0 Å². The van der Waals surface area contributed by atoms with Crippen LogP contribution in [0.4, 0.5) is 17.1 Å². The lowest BCUT2D eigenvalue weighted by molar-refractivity contribution is -0.384. The number of amides is 1. The number of nitro benzene ring substituents is 1. The Morgan fingerprint density at radius 3 is 2.58 bits per heavy atom. The molecule has 4 fully saturated rings. The molecule has 13 nitrogen and oxygen atoms in total. The largest absolute Gasteiger partial charge is 0.453 e. The third-order valence-corrected chi connectivity index (χ3v) is 12.8. The van der Waals surface area contributed by atoms with Gasteiger partial charge >= 0.3 is 0 Å². The number of hydrogen-bond acceptors (Lipinski definition) is 11. The van der Waals surface area contributed by atoms with Crippen molar-refractivity contribution in [1.82, 2.24) is 24.6 Å². The van der Waals surface area contributed by atoms with Crippen molar-refractivity contribution in [2.24, 2.45) is 11.3 Å². The van der Waals surface area contributed by atoms with Crippen LogP contribution >= 0.6 is 11.9 Å².